The second-order valence-corrected chi connectivity index (χ2v) is 4.52. The smallest absolute Gasteiger partial charge is 0.307 e. The quantitative estimate of drug-likeness (QED) is 0.861. The van der Waals surface area contributed by atoms with E-state index in [2.05, 4.69) is 0 Å². The number of benzene rings is 2. The van der Waals surface area contributed by atoms with Crippen LogP contribution in [0, 0.1) is 0 Å². The highest BCUT2D eigenvalue weighted by Crippen LogP contribution is 2.31. The van der Waals surface area contributed by atoms with Crippen LogP contribution in [0.2, 0.25) is 0 Å². The third kappa shape index (κ3) is 3.86. The topological polar surface area (TPSA) is 61.5 Å². The van der Waals surface area contributed by atoms with Crippen molar-refractivity contribution in [2.75, 3.05) is 13.7 Å². The fraction of sp³-hybridized carbons (Fsp3) is 0.312. The minimum absolute atomic E-state index is 0. The third-order valence-electron chi connectivity index (χ3n) is 3.23. The Morgan fingerprint density at radius 3 is 2.48 bits per heavy atom. The number of carbonyl (C=O) groups is 1. The summed E-state index contributed by atoms with van der Waals surface area (Å²) in [5.41, 5.74) is 7.07. The summed E-state index contributed by atoms with van der Waals surface area (Å²) in [7, 11) is 1.64. The maximum Gasteiger partial charge on any atom is 0.307 e. The zero-order valence-corrected chi connectivity index (χ0v) is 13.0. The van der Waals surface area contributed by atoms with E-state index in [0.717, 1.165) is 22.1 Å². The summed E-state index contributed by atoms with van der Waals surface area (Å²) < 4.78 is 10.3. The molecule has 0 heterocycles. The van der Waals surface area contributed by atoms with E-state index in [0.29, 0.717) is 6.61 Å². The molecule has 1 atom stereocenters. The van der Waals surface area contributed by atoms with Crippen molar-refractivity contribution in [3.8, 4) is 5.75 Å². The first-order valence-electron chi connectivity index (χ1n) is 6.64. The molecule has 0 aliphatic rings. The minimum atomic E-state index is -0.384. The highest BCUT2D eigenvalue weighted by atomic mass is 35.5. The van der Waals surface area contributed by atoms with Gasteiger partial charge in [0.2, 0.25) is 0 Å². The molecule has 114 valence electrons. The Labute approximate surface area is 130 Å². The number of fused-ring (bicyclic) bond motifs is 1. The number of hydrogen-bond donors (Lipinski definition) is 1. The highest BCUT2D eigenvalue weighted by Gasteiger charge is 2.16. The number of rotatable bonds is 5. The Hall–Kier alpha value is -1.78. The SMILES string of the molecule is CCOC(=O)C[C@@H](N)c1ccc(OC)c2ccccc12.Cl. The molecule has 21 heavy (non-hydrogen) atoms. The normalized spacial score (nSPS) is 11.6. The summed E-state index contributed by atoms with van der Waals surface area (Å²) in [6.45, 7) is 2.15. The van der Waals surface area contributed by atoms with Gasteiger partial charge in [0.15, 0.2) is 0 Å². The largest absolute Gasteiger partial charge is 0.496 e. The van der Waals surface area contributed by atoms with Gasteiger partial charge in [-0.3, -0.25) is 4.79 Å². The minimum Gasteiger partial charge on any atom is -0.496 e. The molecule has 0 aromatic heterocycles. The van der Waals surface area contributed by atoms with E-state index in [9.17, 15) is 4.79 Å². The number of carbonyl (C=O) groups excluding carboxylic acids is 1. The van der Waals surface area contributed by atoms with E-state index in [4.69, 9.17) is 15.2 Å². The average molecular weight is 310 g/mol. The van der Waals surface area contributed by atoms with Gasteiger partial charge in [-0.25, -0.2) is 0 Å². The molecule has 2 aromatic carbocycles. The maximum atomic E-state index is 11.6. The van der Waals surface area contributed by atoms with Crippen molar-refractivity contribution in [1.29, 1.82) is 0 Å². The fourth-order valence-electron chi connectivity index (χ4n) is 2.31. The van der Waals surface area contributed by atoms with Crippen LogP contribution < -0.4 is 10.5 Å². The van der Waals surface area contributed by atoms with E-state index in [1.165, 1.54) is 0 Å². The molecule has 0 saturated carbocycles. The summed E-state index contributed by atoms with van der Waals surface area (Å²) in [4.78, 5) is 11.6. The maximum absolute atomic E-state index is 11.6. The average Bonchev–Trinajstić information content (AvgIpc) is 2.46. The standard InChI is InChI=1S/C16H19NO3.ClH/c1-3-20-16(18)10-14(17)12-8-9-15(19-2)13-7-5-4-6-11(12)13;/h4-9,14H,3,10,17H2,1-2H3;1H/t14-;/m1./s1. The van der Waals surface area contributed by atoms with Gasteiger partial charge in [-0.1, -0.05) is 30.3 Å². The molecule has 0 radical (unpaired) electrons. The van der Waals surface area contributed by atoms with E-state index in [1.807, 2.05) is 36.4 Å². The van der Waals surface area contributed by atoms with Crippen LogP contribution in [0.4, 0.5) is 0 Å². The third-order valence-corrected chi connectivity index (χ3v) is 3.23. The number of nitrogens with two attached hydrogens (primary N) is 1. The summed E-state index contributed by atoms with van der Waals surface area (Å²) in [6.07, 6.45) is 0.171. The van der Waals surface area contributed by atoms with Gasteiger partial charge in [-0.05, 0) is 23.9 Å². The Balaban J connectivity index is 0.00000220. The first-order valence-corrected chi connectivity index (χ1v) is 6.64. The molecule has 0 bridgehead atoms. The summed E-state index contributed by atoms with van der Waals surface area (Å²) in [5.74, 6) is 0.521. The number of halogens is 1. The van der Waals surface area contributed by atoms with E-state index >= 15 is 0 Å². The Morgan fingerprint density at radius 2 is 1.86 bits per heavy atom. The first kappa shape index (κ1) is 17.3. The molecule has 4 nitrogen and oxygen atoms in total. The van der Waals surface area contributed by atoms with Gasteiger partial charge in [0.05, 0.1) is 20.1 Å². The Morgan fingerprint density at radius 1 is 1.19 bits per heavy atom. The first-order chi connectivity index (χ1) is 9.67. The molecular weight excluding hydrogens is 290 g/mol. The van der Waals surface area contributed by atoms with Crippen LogP contribution in [-0.2, 0) is 9.53 Å². The van der Waals surface area contributed by atoms with Crippen LogP contribution in [0.25, 0.3) is 10.8 Å². The zero-order chi connectivity index (χ0) is 14.5. The predicted molar refractivity (Wildman–Crippen MR) is 85.9 cm³/mol. The van der Waals surface area contributed by atoms with Crippen LogP contribution >= 0.6 is 12.4 Å². The molecule has 0 unspecified atom stereocenters. The van der Waals surface area contributed by atoms with Crippen molar-refractivity contribution in [2.24, 2.45) is 5.73 Å². The number of esters is 1. The van der Waals surface area contributed by atoms with Crippen molar-refractivity contribution in [2.45, 2.75) is 19.4 Å². The van der Waals surface area contributed by atoms with Crippen molar-refractivity contribution < 1.29 is 14.3 Å². The van der Waals surface area contributed by atoms with Crippen LogP contribution in [0.15, 0.2) is 36.4 Å². The molecule has 5 heteroatoms. The lowest BCUT2D eigenvalue weighted by molar-refractivity contribution is -0.143. The molecule has 2 rings (SSSR count). The zero-order valence-electron chi connectivity index (χ0n) is 12.2. The second-order valence-electron chi connectivity index (χ2n) is 4.52. The van der Waals surface area contributed by atoms with E-state index in [1.54, 1.807) is 14.0 Å². The van der Waals surface area contributed by atoms with Gasteiger partial charge in [-0.2, -0.15) is 0 Å². The Kier molecular flexibility index (Phi) is 6.46. The lowest BCUT2D eigenvalue weighted by atomic mass is 9.97. The van der Waals surface area contributed by atoms with Crippen LogP contribution in [0.5, 0.6) is 5.75 Å². The van der Waals surface area contributed by atoms with E-state index in [-0.39, 0.29) is 30.8 Å². The van der Waals surface area contributed by atoms with E-state index < -0.39 is 0 Å². The van der Waals surface area contributed by atoms with Crippen molar-refractivity contribution in [3.63, 3.8) is 0 Å². The monoisotopic (exact) mass is 309 g/mol. The Bertz CT molecular complexity index is 615. The van der Waals surface area contributed by atoms with Crippen molar-refractivity contribution in [1.82, 2.24) is 0 Å². The number of methoxy groups -OCH3 is 1. The molecule has 0 saturated heterocycles. The van der Waals surface area contributed by atoms with Crippen LogP contribution in [0.1, 0.15) is 24.9 Å². The van der Waals surface area contributed by atoms with Gasteiger partial charge in [0.1, 0.15) is 5.75 Å². The van der Waals surface area contributed by atoms with Crippen LogP contribution in [0.3, 0.4) is 0 Å². The molecular formula is C16H20ClNO3. The summed E-state index contributed by atoms with van der Waals surface area (Å²) in [5, 5.41) is 2.00. The molecule has 0 aliphatic carbocycles. The molecule has 0 fully saturated rings. The predicted octanol–water partition coefficient (Wildman–Crippen LogP) is 3.22. The van der Waals surface area contributed by atoms with Crippen molar-refractivity contribution in [3.05, 3.63) is 42.0 Å². The molecule has 2 N–H and O–H groups in total. The molecule has 0 spiro atoms. The molecule has 0 aliphatic heterocycles. The van der Waals surface area contributed by atoms with Crippen molar-refractivity contribution >= 4 is 29.1 Å². The highest BCUT2D eigenvalue weighted by molar-refractivity contribution is 5.91. The van der Waals surface area contributed by atoms with Gasteiger partial charge >= 0.3 is 5.97 Å². The fourth-order valence-corrected chi connectivity index (χ4v) is 2.31. The summed E-state index contributed by atoms with van der Waals surface area (Å²) in [6, 6.07) is 11.3. The lowest BCUT2D eigenvalue weighted by Crippen LogP contribution is -2.17. The van der Waals surface area contributed by atoms with Crippen LogP contribution in [-0.4, -0.2) is 19.7 Å². The molecule has 2 aromatic rings. The molecule has 0 amide bonds. The number of ether oxygens (including phenoxy) is 2. The lowest BCUT2D eigenvalue weighted by Gasteiger charge is -2.15. The number of hydrogen-bond acceptors (Lipinski definition) is 4. The van der Waals surface area contributed by atoms with Gasteiger partial charge in [0, 0.05) is 11.4 Å². The van der Waals surface area contributed by atoms with Gasteiger partial charge in [-0.15, -0.1) is 12.4 Å². The van der Waals surface area contributed by atoms with Gasteiger partial charge < -0.3 is 15.2 Å². The van der Waals surface area contributed by atoms with Gasteiger partial charge in [0.25, 0.3) is 0 Å². The second kappa shape index (κ2) is 7.86. The summed E-state index contributed by atoms with van der Waals surface area (Å²) >= 11 is 0.